The Hall–Kier alpha value is -0.990. The van der Waals surface area contributed by atoms with E-state index in [0.29, 0.717) is 16.7 Å². The lowest BCUT2D eigenvalue weighted by Gasteiger charge is -1.98. The van der Waals surface area contributed by atoms with Crippen LogP contribution in [0, 0.1) is 0 Å². The Labute approximate surface area is 91.5 Å². The normalized spacial score (nSPS) is 10.4. The van der Waals surface area contributed by atoms with Gasteiger partial charge in [0.05, 0.1) is 5.88 Å². The van der Waals surface area contributed by atoms with Crippen molar-refractivity contribution in [3.8, 4) is 11.3 Å². The molecule has 0 saturated carbocycles. The smallest absolute Gasteiger partial charge is 0.181 e. The highest BCUT2D eigenvalue weighted by atomic mass is 35.5. The van der Waals surface area contributed by atoms with Crippen molar-refractivity contribution < 1.29 is 4.42 Å². The van der Waals surface area contributed by atoms with Crippen LogP contribution in [0.2, 0.25) is 5.02 Å². The molecular formula is C10H7Cl2NO. The zero-order chi connectivity index (χ0) is 9.97. The monoisotopic (exact) mass is 227 g/mol. The van der Waals surface area contributed by atoms with E-state index in [9.17, 15) is 0 Å². The first-order chi connectivity index (χ1) is 6.81. The maximum atomic E-state index is 5.86. The molecule has 1 aromatic heterocycles. The van der Waals surface area contributed by atoms with E-state index in [2.05, 4.69) is 4.98 Å². The Morgan fingerprint density at radius 3 is 2.93 bits per heavy atom. The standard InChI is InChI=1S/C10H7Cl2NO/c11-5-9-10(14-6-13-9)7-2-1-3-8(12)4-7/h1-4,6H,5H2. The minimum atomic E-state index is 0.332. The van der Waals surface area contributed by atoms with Gasteiger partial charge in [0.15, 0.2) is 12.2 Å². The van der Waals surface area contributed by atoms with Crippen molar-refractivity contribution in [1.29, 1.82) is 0 Å². The molecule has 0 N–H and O–H groups in total. The lowest BCUT2D eigenvalue weighted by atomic mass is 10.1. The Kier molecular flexibility index (Phi) is 2.75. The predicted molar refractivity (Wildman–Crippen MR) is 56.5 cm³/mol. The summed E-state index contributed by atoms with van der Waals surface area (Å²) in [5.41, 5.74) is 1.62. The van der Waals surface area contributed by atoms with Gasteiger partial charge in [-0.15, -0.1) is 11.6 Å². The van der Waals surface area contributed by atoms with Gasteiger partial charge in [0.2, 0.25) is 0 Å². The summed E-state index contributed by atoms with van der Waals surface area (Å²) < 4.78 is 5.24. The van der Waals surface area contributed by atoms with Crippen molar-refractivity contribution in [2.24, 2.45) is 0 Å². The van der Waals surface area contributed by atoms with Crippen LogP contribution in [0.25, 0.3) is 11.3 Å². The van der Waals surface area contributed by atoms with Gasteiger partial charge in [-0.1, -0.05) is 23.7 Å². The number of alkyl halides is 1. The maximum absolute atomic E-state index is 5.86. The van der Waals surface area contributed by atoms with Crippen molar-refractivity contribution in [2.45, 2.75) is 5.88 Å². The maximum Gasteiger partial charge on any atom is 0.181 e. The average molecular weight is 228 g/mol. The van der Waals surface area contributed by atoms with Crippen molar-refractivity contribution in [1.82, 2.24) is 4.98 Å². The first kappa shape index (κ1) is 9.56. The largest absolute Gasteiger partial charge is 0.443 e. The van der Waals surface area contributed by atoms with Gasteiger partial charge in [0, 0.05) is 10.6 Å². The van der Waals surface area contributed by atoms with Crippen LogP contribution in [0.3, 0.4) is 0 Å². The van der Waals surface area contributed by atoms with Gasteiger partial charge in [-0.3, -0.25) is 0 Å². The first-order valence-electron chi connectivity index (χ1n) is 4.05. The van der Waals surface area contributed by atoms with E-state index in [0.717, 1.165) is 11.3 Å². The first-order valence-corrected chi connectivity index (χ1v) is 4.97. The Bertz CT molecular complexity index is 439. The van der Waals surface area contributed by atoms with Crippen LogP contribution in [-0.2, 0) is 5.88 Å². The zero-order valence-electron chi connectivity index (χ0n) is 7.21. The minimum absolute atomic E-state index is 0.332. The summed E-state index contributed by atoms with van der Waals surface area (Å²) in [6.07, 6.45) is 1.38. The van der Waals surface area contributed by atoms with Crippen molar-refractivity contribution >= 4 is 23.2 Å². The lowest BCUT2D eigenvalue weighted by Crippen LogP contribution is -1.82. The van der Waals surface area contributed by atoms with Gasteiger partial charge >= 0.3 is 0 Å². The average Bonchev–Trinajstić information content (AvgIpc) is 2.65. The number of rotatable bonds is 2. The second-order valence-electron chi connectivity index (χ2n) is 2.77. The summed E-state index contributed by atoms with van der Waals surface area (Å²) in [4.78, 5) is 4.00. The molecule has 72 valence electrons. The summed E-state index contributed by atoms with van der Waals surface area (Å²) in [6, 6.07) is 7.39. The fourth-order valence-corrected chi connectivity index (χ4v) is 1.61. The summed E-state index contributed by atoms with van der Waals surface area (Å²) >= 11 is 11.6. The number of benzene rings is 1. The van der Waals surface area contributed by atoms with Crippen LogP contribution >= 0.6 is 23.2 Å². The highest BCUT2D eigenvalue weighted by Crippen LogP contribution is 2.26. The van der Waals surface area contributed by atoms with Gasteiger partial charge < -0.3 is 4.42 Å². The molecule has 0 saturated heterocycles. The van der Waals surface area contributed by atoms with E-state index < -0.39 is 0 Å². The molecule has 0 bridgehead atoms. The minimum Gasteiger partial charge on any atom is -0.443 e. The van der Waals surface area contributed by atoms with E-state index in [4.69, 9.17) is 27.6 Å². The second kappa shape index (κ2) is 4.03. The molecule has 4 heteroatoms. The summed E-state index contributed by atoms with van der Waals surface area (Å²) in [5.74, 6) is 1.01. The number of halogens is 2. The Balaban J connectivity index is 2.49. The molecule has 1 aromatic carbocycles. The van der Waals surface area contributed by atoms with Gasteiger partial charge in [0.1, 0.15) is 5.69 Å². The van der Waals surface area contributed by atoms with E-state index in [1.807, 2.05) is 24.3 Å². The molecule has 0 amide bonds. The highest BCUT2D eigenvalue weighted by Gasteiger charge is 2.09. The number of oxazole rings is 1. The molecule has 14 heavy (non-hydrogen) atoms. The van der Waals surface area contributed by atoms with E-state index in [-0.39, 0.29) is 0 Å². The number of hydrogen-bond donors (Lipinski definition) is 0. The van der Waals surface area contributed by atoms with Gasteiger partial charge in [-0.05, 0) is 12.1 Å². The topological polar surface area (TPSA) is 26.0 Å². The third-order valence-electron chi connectivity index (χ3n) is 1.85. The molecule has 0 aliphatic carbocycles. The number of nitrogens with zero attached hydrogens (tertiary/aromatic N) is 1. The SMILES string of the molecule is ClCc1ncoc1-c1cccc(Cl)c1. The third kappa shape index (κ3) is 1.76. The van der Waals surface area contributed by atoms with Crippen LogP contribution in [0.4, 0.5) is 0 Å². The molecule has 0 fully saturated rings. The van der Waals surface area contributed by atoms with Crippen molar-refractivity contribution in [2.75, 3.05) is 0 Å². The summed E-state index contributed by atoms with van der Waals surface area (Å²) in [5, 5.41) is 0.666. The van der Waals surface area contributed by atoms with Gasteiger partial charge in [-0.2, -0.15) is 0 Å². The van der Waals surface area contributed by atoms with Crippen molar-refractivity contribution in [3.05, 3.63) is 41.4 Å². The summed E-state index contributed by atoms with van der Waals surface area (Å²) in [6.45, 7) is 0. The van der Waals surface area contributed by atoms with Gasteiger partial charge in [0.25, 0.3) is 0 Å². The Morgan fingerprint density at radius 2 is 2.21 bits per heavy atom. The molecule has 1 heterocycles. The molecule has 0 aliphatic rings. The fourth-order valence-electron chi connectivity index (χ4n) is 1.23. The van der Waals surface area contributed by atoms with Gasteiger partial charge in [-0.25, -0.2) is 4.98 Å². The quantitative estimate of drug-likeness (QED) is 0.732. The second-order valence-corrected chi connectivity index (χ2v) is 3.48. The number of aromatic nitrogens is 1. The van der Waals surface area contributed by atoms with Crippen LogP contribution in [0.5, 0.6) is 0 Å². The molecule has 0 spiro atoms. The van der Waals surface area contributed by atoms with Crippen LogP contribution < -0.4 is 0 Å². The number of hydrogen-bond acceptors (Lipinski definition) is 2. The molecule has 2 rings (SSSR count). The van der Waals surface area contributed by atoms with Crippen molar-refractivity contribution in [3.63, 3.8) is 0 Å². The van der Waals surface area contributed by atoms with E-state index in [1.54, 1.807) is 0 Å². The van der Waals surface area contributed by atoms with E-state index in [1.165, 1.54) is 6.39 Å². The van der Waals surface area contributed by atoms with Crippen LogP contribution in [-0.4, -0.2) is 4.98 Å². The molecule has 2 aromatic rings. The van der Waals surface area contributed by atoms with Crippen LogP contribution in [0.1, 0.15) is 5.69 Å². The molecule has 0 atom stereocenters. The third-order valence-corrected chi connectivity index (χ3v) is 2.34. The predicted octanol–water partition coefficient (Wildman–Crippen LogP) is 3.73. The lowest BCUT2D eigenvalue weighted by molar-refractivity contribution is 0.571. The van der Waals surface area contributed by atoms with Crippen LogP contribution in [0.15, 0.2) is 35.1 Å². The fraction of sp³-hybridized carbons (Fsp3) is 0.100. The highest BCUT2D eigenvalue weighted by molar-refractivity contribution is 6.30. The molecule has 0 aliphatic heterocycles. The van der Waals surface area contributed by atoms with E-state index >= 15 is 0 Å². The zero-order valence-corrected chi connectivity index (χ0v) is 8.72. The molecule has 0 unspecified atom stereocenters. The molecule has 2 nitrogen and oxygen atoms in total. The molecule has 0 radical (unpaired) electrons. The molecular weight excluding hydrogens is 221 g/mol. The summed E-state index contributed by atoms with van der Waals surface area (Å²) in [7, 11) is 0. The Morgan fingerprint density at radius 1 is 1.36 bits per heavy atom.